The summed E-state index contributed by atoms with van der Waals surface area (Å²) < 4.78 is 11.0. The topological polar surface area (TPSA) is 59.9 Å². The van der Waals surface area contributed by atoms with Crippen LogP contribution < -0.4 is 14.8 Å². The quantitative estimate of drug-likeness (QED) is 0.553. The fraction of sp³-hybridized carbons (Fsp3) is 0.280. The molecular weight excluding hydrogens is 408 g/mol. The third-order valence-electron chi connectivity index (χ3n) is 5.76. The van der Waals surface area contributed by atoms with Gasteiger partial charge in [-0.2, -0.15) is 0 Å². The smallest absolute Gasteiger partial charge is 0.254 e. The lowest BCUT2D eigenvalue weighted by atomic mass is 9.95. The number of ether oxygens (including phenoxy) is 2. The SMILES string of the molecule is Cc1cc2c(cc1C=Nc1sc3c(c1C(=O)NCc1ccccc1)CCCC3)OCO2. The number of hydrogen-bond donors (Lipinski definition) is 1. The van der Waals surface area contributed by atoms with Gasteiger partial charge >= 0.3 is 0 Å². The van der Waals surface area contributed by atoms with E-state index in [-0.39, 0.29) is 12.7 Å². The molecule has 1 aliphatic carbocycles. The first kappa shape index (κ1) is 19.8. The standard InChI is InChI=1S/C25H24N2O3S/c1-16-11-20-21(30-15-29-20)12-18(16)14-27-25-23(19-9-5-6-10-22(19)31-25)24(28)26-13-17-7-3-2-4-8-17/h2-4,7-8,11-12,14H,5-6,9-10,13,15H2,1H3,(H,26,28). The fourth-order valence-corrected chi connectivity index (χ4v) is 5.30. The normalized spacial score (nSPS) is 14.6. The first-order valence-corrected chi connectivity index (χ1v) is 11.4. The summed E-state index contributed by atoms with van der Waals surface area (Å²) in [5.74, 6) is 1.46. The second-order valence-corrected chi connectivity index (χ2v) is 8.96. The molecule has 1 aromatic heterocycles. The highest BCUT2D eigenvalue weighted by molar-refractivity contribution is 7.16. The van der Waals surface area contributed by atoms with Crippen LogP contribution in [0.3, 0.4) is 0 Å². The third kappa shape index (κ3) is 4.08. The molecule has 0 saturated carbocycles. The van der Waals surface area contributed by atoms with Gasteiger partial charge in [0.2, 0.25) is 6.79 Å². The molecule has 0 unspecified atom stereocenters. The largest absolute Gasteiger partial charge is 0.454 e. The Morgan fingerprint density at radius 2 is 1.90 bits per heavy atom. The van der Waals surface area contributed by atoms with Crippen LogP contribution in [0.25, 0.3) is 0 Å². The molecule has 0 spiro atoms. The first-order valence-electron chi connectivity index (χ1n) is 10.6. The Bertz CT molecular complexity index is 1150. The van der Waals surface area contributed by atoms with Gasteiger partial charge < -0.3 is 14.8 Å². The molecule has 0 saturated heterocycles. The van der Waals surface area contributed by atoms with Crippen LogP contribution in [0, 0.1) is 6.92 Å². The highest BCUT2D eigenvalue weighted by Gasteiger charge is 2.25. The number of thiophene rings is 1. The summed E-state index contributed by atoms with van der Waals surface area (Å²) in [7, 11) is 0. The summed E-state index contributed by atoms with van der Waals surface area (Å²) in [4.78, 5) is 19.3. The molecule has 2 heterocycles. The van der Waals surface area contributed by atoms with Crippen LogP contribution >= 0.6 is 11.3 Å². The summed E-state index contributed by atoms with van der Waals surface area (Å²) in [5, 5.41) is 3.88. The third-order valence-corrected chi connectivity index (χ3v) is 6.96. The van der Waals surface area contributed by atoms with Gasteiger partial charge in [0.15, 0.2) is 11.5 Å². The van der Waals surface area contributed by atoms with Crippen molar-refractivity contribution in [3.63, 3.8) is 0 Å². The number of carbonyl (C=O) groups excluding carboxylic acids is 1. The van der Waals surface area contributed by atoms with Crippen LogP contribution in [-0.4, -0.2) is 18.9 Å². The molecule has 6 heteroatoms. The lowest BCUT2D eigenvalue weighted by molar-refractivity contribution is 0.0951. The Kier molecular flexibility index (Phi) is 5.47. The highest BCUT2D eigenvalue weighted by Crippen LogP contribution is 2.40. The maximum Gasteiger partial charge on any atom is 0.254 e. The van der Waals surface area contributed by atoms with Crippen LogP contribution in [0.15, 0.2) is 47.5 Å². The molecule has 1 N–H and O–H groups in total. The van der Waals surface area contributed by atoms with E-state index >= 15 is 0 Å². The summed E-state index contributed by atoms with van der Waals surface area (Å²) in [6.45, 7) is 2.78. The molecule has 0 fully saturated rings. The molecule has 1 amide bonds. The van der Waals surface area contributed by atoms with Gasteiger partial charge in [-0.25, -0.2) is 4.99 Å². The van der Waals surface area contributed by atoms with Gasteiger partial charge in [-0.05, 0) is 67.0 Å². The van der Waals surface area contributed by atoms with E-state index in [1.165, 1.54) is 16.9 Å². The zero-order valence-electron chi connectivity index (χ0n) is 17.4. The first-order chi connectivity index (χ1) is 15.2. The predicted molar refractivity (Wildman–Crippen MR) is 123 cm³/mol. The Labute approximate surface area is 185 Å². The molecule has 158 valence electrons. The highest BCUT2D eigenvalue weighted by atomic mass is 32.1. The molecule has 0 radical (unpaired) electrons. The van der Waals surface area contributed by atoms with Crippen molar-refractivity contribution in [3.05, 3.63) is 75.2 Å². The van der Waals surface area contributed by atoms with E-state index < -0.39 is 0 Å². The summed E-state index contributed by atoms with van der Waals surface area (Å²) >= 11 is 1.65. The molecule has 0 bridgehead atoms. The molecule has 1 aliphatic heterocycles. The fourth-order valence-electron chi connectivity index (χ4n) is 4.07. The number of hydrogen-bond acceptors (Lipinski definition) is 5. The van der Waals surface area contributed by atoms with Crippen LogP contribution in [0.2, 0.25) is 0 Å². The van der Waals surface area contributed by atoms with Gasteiger partial charge in [0.25, 0.3) is 5.91 Å². The molecule has 3 aromatic rings. The molecule has 2 aliphatic rings. The Hall–Kier alpha value is -3.12. The monoisotopic (exact) mass is 432 g/mol. The zero-order valence-corrected chi connectivity index (χ0v) is 18.3. The minimum atomic E-state index is -0.0437. The maximum absolute atomic E-state index is 13.2. The number of nitrogens with zero attached hydrogens (tertiary/aromatic N) is 1. The number of nitrogens with one attached hydrogen (secondary N) is 1. The molecule has 5 nitrogen and oxygen atoms in total. The van der Waals surface area contributed by atoms with E-state index in [2.05, 4.69) is 5.32 Å². The van der Waals surface area contributed by atoms with Crippen LogP contribution in [-0.2, 0) is 19.4 Å². The number of carbonyl (C=O) groups is 1. The molecule has 2 aromatic carbocycles. The van der Waals surface area contributed by atoms with Crippen molar-refractivity contribution in [1.82, 2.24) is 5.32 Å². The number of fused-ring (bicyclic) bond motifs is 2. The molecule has 0 atom stereocenters. The van der Waals surface area contributed by atoms with Gasteiger partial charge in [0.1, 0.15) is 5.00 Å². The van der Waals surface area contributed by atoms with E-state index in [9.17, 15) is 4.79 Å². The van der Waals surface area contributed by atoms with Crippen molar-refractivity contribution >= 4 is 28.5 Å². The summed E-state index contributed by atoms with van der Waals surface area (Å²) in [6, 6.07) is 13.9. The second-order valence-electron chi connectivity index (χ2n) is 7.88. The molecule has 5 rings (SSSR count). The minimum absolute atomic E-state index is 0.0437. The van der Waals surface area contributed by atoms with Crippen molar-refractivity contribution in [1.29, 1.82) is 0 Å². The number of rotatable bonds is 5. The molecular formula is C25H24N2O3S. The van der Waals surface area contributed by atoms with E-state index in [1.54, 1.807) is 11.3 Å². The van der Waals surface area contributed by atoms with Gasteiger partial charge in [-0.3, -0.25) is 4.79 Å². The number of aryl methyl sites for hydroxylation is 2. The van der Waals surface area contributed by atoms with Crippen molar-refractivity contribution in [2.45, 2.75) is 39.2 Å². The van der Waals surface area contributed by atoms with Crippen molar-refractivity contribution in [3.8, 4) is 11.5 Å². The predicted octanol–water partition coefficient (Wildman–Crippen LogP) is 5.34. The van der Waals surface area contributed by atoms with Crippen LogP contribution in [0.1, 0.15) is 50.3 Å². The van der Waals surface area contributed by atoms with Crippen LogP contribution in [0.5, 0.6) is 11.5 Å². The van der Waals surface area contributed by atoms with E-state index in [0.717, 1.165) is 58.0 Å². The Morgan fingerprint density at radius 1 is 1.13 bits per heavy atom. The van der Waals surface area contributed by atoms with E-state index in [1.807, 2.05) is 55.6 Å². The maximum atomic E-state index is 13.2. The average molecular weight is 433 g/mol. The Morgan fingerprint density at radius 3 is 2.74 bits per heavy atom. The minimum Gasteiger partial charge on any atom is -0.454 e. The lowest BCUT2D eigenvalue weighted by Gasteiger charge is -2.13. The average Bonchev–Trinajstić information content (AvgIpc) is 3.40. The second kappa shape index (κ2) is 8.55. The lowest BCUT2D eigenvalue weighted by Crippen LogP contribution is -2.24. The van der Waals surface area contributed by atoms with Gasteiger partial charge in [-0.1, -0.05) is 30.3 Å². The van der Waals surface area contributed by atoms with Gasteiger partial charge in [-0.15, -0.1) is 11.3 Å². The van der Waals surface area contributed by atoms with E-state index in [4.69, 9.17) is 14.5 Å². The van der Waals surface area contributed by atoms with Crippen LogP contribution in [0.4, 0.5) is 5.00 Å². The Balaban J connectivity index is 1.44. The van der Waals surface area contributed by atoms with Gasteiger partial charge in [0, 0.05) is 17.6 Å². The van der Waals surface area contributed by atoms with Crippen molar-refractivity contribution < 1.29 is 14.3 Å². The van der Waals surface area contributed by atoms with Crippen molar-refractivity contribution in [2.75, 3.05) is 6.79 Å². The van der Waals surface area contributed by atoms with Gasteiger partial charge in [0.05, 0.1) is 5.56 Å². The number of aliphatic imine (C=N–C) groups is 1. The number of amides is 1. The van der Waals surface area contributed by atoms with Crippen molar-refractivity contribution in [2.24, 2.45) is 4.99 Å². The zero-order chi connectivity index (χ0) is 21.2. The van der Waals surface area contributed by atoms with E-state index in [0.29, 0.717) is 6.54 Å². The summed E-state index contributed by atoms with van der Waals surface area (Å²) in [6.07, 6.45) is 6.09. The summed E-state index contributed by atoms with van der Waals surface area (Å²) in [5.41, 5.74) is 5.03. The number of benzene rings is 2. The molecule has 31 heavy (non-hydrogen) atoms.